The Bertz CT molecular complexity index is 1160. The number of carbonyl (C=O) groups is 2. The highest BCUT2D eigenvalue weighted by Gasteiger charge is 2.42. The van der Waals surface area contributed by atoms with Gasteiger partial charge in [0.2, 0.25) is 5.91 Å². The monoisotopic (exact) mass is 481 g/mol. The van der Waals surface area contributed by atoms with E-state index >= 15 is 0 Å². The molecule has 2 heterocycles. The van der Waals surface area contributed by atoms with Gasteiger partial charge in [0, 0.05) is 22.8 Å². The number of esters is 1. The molecule has 2 aromatic carbocycles. The fourth-order valence-corrected chi connectivity index (χ4v) is 5.06. The van der Waals surface area contributed by atoms with Gasteiger partial charge in [-0.3, -0.25) is 4.79 Å². The number of rotatable bonds is 7. The minimum absolute atomic E-state index is 0.0981. The van der Waals surface area contributed by atoms with Crippen LogP contribution in [0, 0.1) is 0 Å². The van der Waals surface area contributed by atoms with Crippen LogP contribution in [0.25, 0.3) is 5.70 Å². The van der Waals surface area contributed by atoms with Crippen molar-refractivity contribution in [3.63, 3.8) is 0 Å². The molecule has 33 heavy (non-hydrogen) atoms. The number of hydrogen-bond donors (Lipinski definition) is 1. The lowest BCUT2D eigenvalue weighted by molar-refractivity contribution is -0.139. The van der Waals surface area contributed by atoms with Crippen LogP contribution in [0.4, 0.5) is 0 Å². The Kier molecular flexibility index (Phi) is 7.20. The van der Waals surface area contributed by atoms with Gasteiger partial charge >= 0.3 is 5.97 Å². The number of amidine groups is 1. The van der Waals surface area contributed by atoms with Crippen molar-refractivity contribution in [2.75, 3.05) is 13.2 Å². The van der Waals surface area contributed by atoms with Crippen LogP contribution in [0.3, 0.4) is 0 Å². The van der Waals surface area contributed by atoms with Crippen molar-refractivity contribution in [1.29, 1.82) is 0 Å². The second kappa shape index (κ2) is 10.3. The summed E-state index contributed by atoms with van der Waals surface area (Å²) in [7, 11) is 0. The fourth-order valence-electron chi connectivity index (χ4n) is 3.90. The quantitative estimate of drug-likeness (QED) is 0.554. The average molecular weight is 482 g/mol. The maximum atomic E-state index is 13.4. The van der Waals surface area contributed by atoms with E-state index < -0.39 is 12.0 Å². The number of nitrogens with one attached hydrogen (secondary N) is 1. The topological polar surface area (TPSA) is 71.0 Å². The van der Waals surface area contributed by atoms with Gasteiger partial charge < -0.3 is 15.0 Å². The molecular weight excluding hydrogens is 458 g/mol. The van der Waals surface area contributed by atoms with Crippen molar-refractivity contribution in [3.8, 4) is 0 Å². The number of amides is 1. The Hall–Kier alpha value is -3.03. The maximum absolute atomic E-state index is 13.4. The van der Waals surface area contributed by atoms with Crippen LogP contribution in [0.2, 0.25) is 5.02 Å². The first kappa shape index (κ1) is 23.1. The first-order valence-electron chi connectivity index (χ1n) is 10.8. The molecule has 6 nitrogen and oxygen atoms in total. The standard InChI is InChI=1S/C25H24ClN3O3S/c1-3-27-20(30)14-17-15-33-25-28-22(16-10-6-5-7-11-16)21(24(31)32-4-2)23(29(17)25)18-12-8-9-13-19(18)26/h5-13,15,23H,3-4,14H2,1-2H3,(H,27,30). The predicted octanol–water partition coefficient (Wildman–Crippen LogP) is 5.14. The highest BCUT2D eigenvalue weighted by molar-refractivity contribution is 8.16. The first-order chi connectivity index (χ1) is 16.0. The largest absolute Gasteiger partial charge is 0.463 e. The molecule has 8 heteroatoms. The van der Waals surface area contributed by atoms with Gasteiger partial charge in [0.25, 0.3) is 0 Å². The molecule has 2 aliphatic heterocycles. The number of thioether (sulfide) groups is 1. The molecule has 0 radical (unpaired) electrons. The molecule has 4 rings (SSSR count). The number of hydrogen-bond acceptors (Lipinski definition) is 6. The van der Waals surface area contributed by atoms with Gasteiger partial charge in [-0.2, -0.15) is 0 Å². The van der Waals surface area contributed by atoms with Crippen molar-refractivity contribution in [2.24, 2.45) is 4.99 Å². The second-order valence-corrected chi connectivity index (χ2v) is 8.64. The molecule has 2 aliphatic rings. The molecule has 0 aliphatic carbocycles. The highest BCUT2D eigenvalue weighted by atomic mass is 35.5. The Labute approximate surface area is 202 Å². The lowest BCUT2D eigenvalue weighted by Crippen LogP contribution is -2.38. The molecule has 0 spiro atoms. The van der Waals surface area contributed by atoms with E-state index in [9.17, 15) is 9.59 Å². The zero-order valence-corrected chi connectivity index (χ0v) is 19.9. The third-order valence-electron chi connectivity index (χ3n) is 5.27. The highest BCUT2D eigenvalue weighted by Crippen LogP contribution is 2.48. The van der Waals surface area contributed by atoms with Crippen molar-refractivity contribution in [1.82, 2.24) is 10.2 Å². The second-order valence-electron chi connectivity index (χ2n) is 7.39. The number of benzene rings is 2. The van der Waals surface area contributed by atoms with Crippen molar-refractivity contribution < 1.29 is 14.3 Å². The molecule has 0 saturated carbocycles. The SMILES string of the molecule is CCNC(=O)CC1=CSC2=NC(c3ccccc3)=C(C(=O)OCC)C(c3ccccc3Cl)N12. The summed E-state index contributed by atoms with van der Waals surface area (Å²) in [6, 6.07) is 16.4. The number of carbonyl (C=O) groups excluding carboxylic acids is 2. The zero-order valence-electron chi connectivity index (χ0n) is 18.4. The molecule has 2 aromatic rings. The van der Waals surface area contributed by atoms with E-state index in [4.69, 9.17) is 21.3 Å². The molecular formula is C25H24ClN3O3S. The van der Waals surface area contributed by atoms with E-state index in [1.54, 1.807) is 13.0 Å². The van der Waals surface area contributed by atoms with Gasteiger partial charge in [-0.05, 0) is 30.9 Å². The van der Waals surface area contributed by atoms with Crippen LogP contribution in [0.1, 0.15) is 37.4 Å². The molecule has 1 unspecified atom stereocenters. The molecule has 170 valence electrons. The van der Waals surface area contributed by atoms with Crippen molar-refractivity contribution in [3.05, 3.63) is 87.4 Å². The average Bonchev–Trinajstić information content (AvgIpc) is 3.21. The van der Waals surface area contributed by atoms with Gasteiger partial charge in [-0.15, -0.1) is 0 Å². The van der Waals surface area contributed by atoms with E-state index in [0.29, 0.717) is 28.0 Å². The smallest absolute Gasteiger partial charge is 0.338 e. The predicted molar refractivity (Wildman–Crippen MR) is 132 cm³/mol. The Morgan fingerprint density at radius 3 is 2.55 bits per heavy atom. The molecule has 0 saturated heterocycles. The maximum Gasteiger partial charge on any atom is 0.338 e. The first-order valence-corrected chi connectivity index (χ1v) is 12.0. The summed E-state index contributed by atoms with van der Waals surface area (Å²) < 4.78 is 5.49. The number of aliphatic imine (C=N–C) groups is 1. The Balaban J connectivity index is 1.91. The van der Waals surface area contributed by atoms with Gasteiger partial charge in [0.05, 0.1) is 30.3 Å². The fraction of sp³-hybridized carbons (Fsp3) is 0.240. The van der Waals surface area contributed by atoms with E-state index in [-0.39, 0.29) is 18.9 Å². The van der Waals surface area contributed by atoms with Crippen LogP contribution >= 0.6 is 23.4 Å². The van der Waals surface area contributed by atoms with Gasteiger partial charge in [0.1, 0.15) is 0 Å². The van der Waals surface area contributed by atoms with Gasteiger partial charge in [-0.25, -0.2) is 9.79 Å². The molecule has 1 atom stereocenters. The summed E-state index contributed by atoms with van der Waals surface area (Å²) in [4.78, 5) is 32.6. The summed E-state index contributed by atoms with van der Waals surface area (Å²) in [5.74, 6) is -0.558. The summed E-state index contributed by atoms with van der Waals surface area (Å²) in [6.07, 6.45) is 0.164. The van der Waals surface area contributed by atoms with Crippen LogP contribution in [0.5, 0.6) is 0 Å². The number of nitrogens with zero attached hydrogens (tertiary/aromatic N) is 2. The van der Waals surface area contributed by atoms with Gasteiger partial charge in [0.15, 0.2) is 5.17 Å². The van der Waals surface area contributed by atoms with E-state index in [2.05, 4.69) is 5.32 Å². The zero-order chi connectivity index (χ0) is 23.4. The number of fused-ring (bicyclic) bond motifs is 1. The van der Waals surface area contributed by atoms with Crippen molar-refractivity contribution >= 4 is 46.1 Å². The molecule has 0 bridgehead atoms. The van der Waals surface area contributed by atoms with E-state index in [0.717, 1.165) is 16.8 Å². The molecule has 1 N–H and O–H groups in total. The van der Waals surface area contributed by atoms with Gasteiger partial charge in [-0.1, -0.05) is 71.9 Å². The van der Waals surface area contributed by atoms with Crippen LogP contribution < -0.4 is 5.32 Å². The van der Waals surface area contributed by atoms with Crippen LogP contribution in [0.15, 0.2) is 76.3 Å². The number of ether oxygens (including phenoxy) is 1. The summed E-state index contributed by atoms with van der Waals surface area (Å²) >= 11 is 8.07. The molecule has 0 aromatic heterocycles. The normalized spacial score (nSPS) is 17.3. The van der Waals surface area contributed by atoms with Crippen LogP contribution in [-0.2, 0) is 14.3 Å². The summed E-state index contributed by atoms with van der Waals surface area (Å²) in [5.41, 5.74) is 3.24. The third kappa shape index (κ3) is 4.70. The summed E-state index contributed by atoms with van der Waals surface area (Å²) in [6.45, 7) is 4.42. The Morgan fingerprint density at radius 2 is 1.85 bits per heavy atom. The van der Waals surface area contributed by atoms with Crippen LogP contribution in [-0.4, -0.2) is 35.1 Å². The lowest BCUT2D eigenvalue weighted by atomic mass is 9.91. The van der Waals surface area contributed by atoms with Crippen molar-refractivity contribution in [2.45, 2.75) is 26.3 Å². The summed E-state index contributed by atoms with van der Waals surface area (Å²) in [5, 5.41) is 5.96. The minimum Gasteiger partial charge on any atom is -0.463 e. The minimum atomic E-state index is -0.587. The molecule has 1 amide bonds. The Morgan fingerprint density at radius 1 is 1.12 bits per heavy atom. The lowest BCUT2D eigenvalue weighted by Gasteiger charge is -2.37. The number of halogens is 1. The van der Waals surface area contributed by atoms with E-state index in [1.807, 2.05) is 65.8 Å². The molecule has 0 fully saturated rings. The third-order valence-corrected chi connectivity index (χ3v) is 6.50. The van der Waals surface area contributed by atoms with E-state index in [1.165, 1.54) is 11.8 Å².